The Morgan fingerprint density at radius 1 is 0.875 bits per heavy atom. The maximum Gasteiger partial charge on any atom is 0.259 e. The maximum atomic E-state index is 12.9. The van der Waals surface area contributed by atoms with Crippen LogP contribution < -0.4 is 19.5 Å². The number of amides is 1. The van der Waals surface area contributed by atoms with Crippen LogP contribution in [0.15, 0.2) is 71.3 Å². The van der Waals surface area contributed by atoms with E-state index in [0.717, 1.165) is 0 Å². The number of ether oxygens (including phenoxy) is 3. The second-order valence-corrected chi connectivity index (χ2v) is 6.70. The number of carbonyl (C=O) groups excluding carboxylic acids is 1. The number of anilines is 1. The highest BCUT2D eigenvalue weighted by atomic mass is 16.5. The second-order valence-electron chi connectivity index (χ2n) is 6.70. The SMILES string of the molecule is COc1cc(-c2noc(-c3ccccc3C(=O)Nc3ccccc3)n2)cc(OC)c1OC. The Bertz CT molecular complexity index is 1210. The lowest BCUT2D eigenvalue weighted by Gasteiger charge is -2.12. The lowest BCUT2D eigenvalue weighted by atomic mass is 10.1. The van der Waals surface area contributed by atoms with E-state index in [1.807, 2.05) is 30.3 Å². The highest BCUT2D eigenvalue weighted by Crippen LogP contribution is 2.41. The standard InChI is InChI=1S/C24H21N3O5/c1-29-19-13-15(14-20(30-2)21(19)31-3)22-26-24(32-27-22)18-12-8-7-11-17(18)23(28)25-16-9-5-4-6-10-16/h4-14H,1-3H3,(H,25,28). The summed E-state index contributed by atoms with van der Waals surface area (Å²) in [6.07, 6.45) is 0. The first-order valence-electron chi connectivity index (χ1n) is 9.74. The molecule has 0 unspecified atom stereocenters. The maximum absolute atomic E-state index is 12.9. The molecule has 0 saturated carbocycles. The van der Waals surface area contributed by atoms with Gasteiger partial charge in [0.25, 0.3) is 11.8 Å². The molecule has 0 bridgehead atoms. The first kappa shape index (κ1) is 20.9. The van der Waals surface area contributed by atoms with Crippen molar-refractivity contribution in [2.45, 2.75) is 0 Å². The van der Waals surface area contributed by atoms with Gasteiger partial charge in [0.2, 0.25) is 11.6 Å². The summed E-state index contributed by atoms with van der Waals surface area (Å²) in [6, 6.07) is 19.7. The number of carbonyl (C=O) groups is 1. The molecule has 1 N–H and O–H groups in total. The minimum absolute atomic E-state index is 0.215. The van der Waals surface area contributed by atoms with Gasteiger partial charge in [0, 0.05) is 11.3 Å². The topological polar surface area (TPSA) is 95.7 Å². The van der Waals surface area contributed by atoms with Crippen molar-refractivity contribution in [3.05, 3.63) is 72.3 Å². The van der Waals surface area contributed by atoms with E-state index in [1.54, 1.807) is 36.4 Å². The number of methoxy groups -OCH3 is 3. The van der Waals surface area contributed by atoms with E-state index in [4.69, 9.17) is 18.7 Å². The van der Waals surface area contributed by atoms with Crippen LogP contribution in [0.4, 0.5) is 5.69 Å². The van der Waals surface area contributed by atoms with Crippen molar-refractivity contribution in [2.24, 2.45) is 0 Å². The molecule has 0 fully saturated rings. The first-order chi connectivity index (χ1) is 15.6. The Morgan fingerprint density at radius 3 is 2.19 bits per heavy atom. The fraction of sp³-hybridized carbons (Fsp3) is 0.125. The van der Waals surface area contributed by atoms with Crippen LogP contribution in [0.5, 0.6) is 17.2 Å². The van der Waals surface area contributed by atoms with E-state index in [2.05, 4.69) is 15.5 Å². The molecule has 0 radical (unpaired) electrons. The molecular weight excluding hydrogens is 410 g/mol. The summed E-state index contributed by atoms with van der Waals surface area (Å²) in [6.45, 7) is 0. The third kappa shape index (κ3) is 4.11. The molecule has 8 heteroatoms. The van der Waals surface area contributed by atoms with E-state index in [0.29, 0.717) is 45.5 Å². The minimum atomic E-state index is -0.278. The summed E-state index contributed by atoms with van der Waals surface area (Å²) in [5, 5.41) is 6.96. The highest BCUT2D eigenvalue weighted by Gasteiger charge is 2.20. The molecular formula is C24H21N3O5. The van der Waals surface area contributed by atoms with Gasteiger partial charge in [0.15, 0.2) is 11.5 Å². The summed E-state index contributed by atoms with van der Waals surface area (Å²) in [4.78, 5) is 17.4. The largest absolute Gasteiger partial charge is 0.493 e. The zero-order valence-electron chi connectivity index (χ0n) is 17.8. The average Bonchev–Trinajstić information content (AvgIpc) is 3.34. The molecule has 0 aliphatic heterocycles. The fourth-order valence-corrected chi connectivity index (χ4v) is 3.25. The van der Waals surface area contributed by atoms with Gasteiger partial charge in [0.1, 0.15) is 0 Å². The summed E-state index contributed by atoms with van der Waals surface area (Å²) in [7, 11) is 4.60. The average molecular weight is 431 g/mol. The normalized spacial score (nSPS) is 10.5. The Hall–Kier alpha value is -4.33. The minimum Gasteiger partial charge on any atom is -0.493 e. The third-order valence-electron chi connectivity index (χ3n) is 4.78. The number of nitrogens with one attached hydrogen (secondary N) is 1. The summed E-state index contributed by atoms with van der Waals surface area (Å²) in [5.41, 5.74) is 2.24. The molecule has 1 amide bonds. The van der Waals surface area contributed by atoms with Crippen LogP contribution in [0, 0.1) is 0 Å². The number of para-hydroxylation sites is 1. The number of hydrogen-bond acceptors (Lipinski definition) is 7. The zero-order chi connectivity index (χ0) is 22.5. The van der Waals surface area contributed by atoms with Crippen molar-refractivity contribution in [3.63, 3.8) is 0 Å². The molecule has 3 aromatic carbocycles. The van der Waals surface area contributed by atoms with Crippen molar-refractivity contribution in [2.75, 3.05) is 26.6 Å². The van der Waals surface area contributed by atoms with E-state index in [-0.39, 0.29) is 11.8 Å². The van der Waals surface area contributed by atoms with Crippen molar-refractivity contribution in [1.82, 2.24) is 10.1 Å². The van der Waals surface area contributed by atoms with Crippen LogP contribution in [-0.2, 0) is 0 Å². The van der Waals surface area contributed by atoms with Gasteiger partial charge < -0.3 is 24.1 Å². The highest BCUT2D eigenvalue weighted by molar-refractivity contribution is 6.08. The van der Waals surface area contributed by atoms with Crippen LogP contribution in [0.1, 0.15) is 10.4 Å². The number of nitrogens with zero attached hydrogens (tertiary/aromatic N) is 2. The summed E-state index contributed by atoms with van der Waals surface area (Å²) >= 11 is 0. The van der Waals surface area contributed by atoms with Crippen molar-refractivity contribution < 1.29 is 23.5 Å². The van der Waals surface area contributed by atoms with Crippen LogP contribution >= 0.6 is 0 Å². The number of aromatic nitrogens is 2. The predicted octanol–water partition coefficient (Wildman–Crippen LogP) is 4.68. The van der Waals surface area contributed by atoms with Gasteiger partial charge in [-0.15, -0.1) is 0 Å². The molecule has 0 spiro atoms. The lowest BCUT2D eigenvalue weighted by Crippen LogP contribution is -2.13. The number of benzene rings is 3. The molecule has 1 heterocycles. The van der Waals surface area contributed by atoms with Gasteiger partial charge in [-0.25, -0.2) is 0 Å². The molecule has 162 valence electrons. The van der Waals surface area contributed by atoms with Crippen molar-refractivity contribution >= 4 is 11.6 Å². The fourth-order valence-electron chi connectivity index (χ4n) is 3.25. The molecule has 8 nitrogen and oxygen atoms in total. The molecule has 1 aromatic heterocycles. The van der Waals surface area contributed by atoms with Crippen LogP contribution in [0.3, 0.4) is 0 Å². The Balaban J connectivity index is 1.69. The van der Waals surface area contributed by atoms with Crippen LogP contribution in [0.2, 0.25) is 0 Å². The molecule has 32 heavy (non-hydrogen) atoms. The van der Waals surface area contributed by atoms with Gasteiger partial charge in [-0.2, -0.15) is 4.98 Å². The quantitative estimate of drug-likeness (QED) is 0.454. The van der Waals surface area contributed by atoms with Crippen molar-refractivity contribution in [1.29, 1.82) is 0 Å². The molecule has 4 aromatic rings. The first-order valence-corrected chi connectivity index (χ1v) is 9.74. The van der Waals surface area contributed by atoms with Gasteiger partial charge in [0.05, 0.1) is 32.5 Å². The monoisotopic (exact) mass is 431 g/mol. The zero-order valence-corrected chi connectivity index (χ0v) is 17.8. The van der Waals surface area contributed by atoms with Crippen LogP contribution in [-0.4, -0.2) is 37.4 Å². The molecule has 0 atom stereocenters. The smallest absolute Gasteiger partial charge is 0.259 e. The van der Waals surface area contributed by atoms with Gasteiger partial charge in [-0.3, -0.25) is 4.79 Å². The summed E-state index contributed by atoms with van der Waals surface area (Å²) < 4.78 is 21.6. The van der Waals surface area contributed by atoms with Gasteiger partial charge in [-0.05, 0) is 36.4 Å². The molecule has 4 rings (SSSR count). The molecule has 0 aliphatic carbocycles. The van der Waals surface area contributed by atoms with Gasteiger partial charge in [-0.1, -0.05) is 35.5 Å². The second kappa shape index (κ2) is 9.22. The van der Waals surface area contributed by atoms with E-state index in [9.17, 15) is 4.79 Å². The molecule has 0 aliphatic rings. The third-order valence-corrected chi connectivity index (χ3v) is 4.78. The van der Waals surface area contributed by atoms with Crippen molar-refractivity contribution in [3.8, 4) is 40.1 Å². The van der Waals surface area contributed by atoms with E-state index in [1.165, 1.54) is 21.3 Å². The molecule has 0 saturated heterocycles. The number of hydrogen-bond donors (Lipinski definition) is 1. The van der Waals surface area contributed by atoms with Crippen LogP contribution in [0.25, 0.3) is 22.8 Å². The van der Waals surface area contributed by atoms with E-state index >= 15 is 0 Å². The lowest BCUT2D eigenvalue weighted by molar-refractivity contribution is 0.102. The Morgan fingerprint density at radius 2 is 1.53 bits per heavy atom. The predicted molar refractivity (Wildman–Crippen MR) is 119 cm³/mol. The van der Waals surface area contributed by atoms with Gasteiger partial charge >= 0.3 is 0 Å². The van der Waals surface area contributed by atoms with E-state index < -0.39 is 0 Å². The number of rotatable bonds is 7. The summed E-state index contributed by atoms with van der Waals surface area (Å²) in [5.74, 6) is 1.65. The Labute approximate surface area is 184 Å². The Kier molecular flexibility index (Phi) is 6.03.